The van der Waals surface area contributed by atoms with Crippen molar-refractivity contribution in [2.24, 2.45) is 5.92 Å². The third kappa shape index (κ3) is 3.53. The molecule has 1 aliphatic carbocycles. The van der Waals surface area contributed by atoms with Gasteiger partial charge in [0, 0.05) is 11.6 Å². The molecule has 1 aromatic carbocycles. The molecule has 12 heteroatoms. The number of alkyl halides is 4. The number of nitrogens with one attached hydrogen (secondary N) is 2. The van der Waals surface area contributed by atoms with E-state index < -0.39 is 35.9 Å². The van der Waals surface area contributed by atoms with Gasteiger partial charge in [-0.25, -0.2) is 13.8 Å². The molecule has 3 aromatic heterocycles. The van der Waals surface area contributed by atoms with Crippen LogP contribution in [-0.4, -0.2) is 38.0 Å². The second-order valence-electron chi connectivity index (χ2n) is 7.10. The van der Waals surface area contributed by atoms with E-state index in [1.807, 2.05) is 0 Å². The minimum absolute atomic E-state index is 0.184. The van der Waals surface area contributed by atoms with E-state index in [0.29, 0.717) is 11.2 Å². The van der Waals surface area contributed by atoms with Gasteiger partial charge in [-0.05, 0) is 35.7 Å². The minimum Gasteiger partial charge on any atom is -0.400 e. The van der Waals surface area contributed by atoms with Crippen LogP contribution in [0.3, 0.4) is 0 Å². The highest BCUT2D eigenvalue weighted by Crippen LogP contribution is 2.38. The molecule has 3 heterocycles. The van der Waals surface area contributed by atoms with E-state index in [-0.39, 0.29) is 28.7 Å². The van der Waals surface area contributed by atoms with Crippen molar-refractivity contribution in [1.82, 2.24) is 19.6 Å². The topological polar surface area (TPSA) is 84.3 Å². The molecule has 0 aliphatic heterocycles. The molecule has 0 unspecified atom stereocenters. The van der Waals surface area contributed by atoms with Gasteiger partial charge in [-0.2, -0.15) is 5.10 Å². The lowest BCUT2D eigenvalue weighted by Gasteiger charge is -2.12. The van der Waals surface area contributed by atoms with Crippen molar-refractivity contribution in [3.05, 3.63) is 42.6 Å². The first-order valence-corrected chi connectivity index (χ1v) is 9.05. The number of H-pyrrole nitrogens is 1. The normalized spacial score (nSPS) is 18.5. The first kappa shape index (κ1) is 19.3. The summed E-state index contributed by atoms with van der Waals surface area (Å²) >= 11 is 0. The number of imidazole rings is 1. The third-order valence-electron chi connectivity index (χ3n) is 4.93. The quantitative estimate of drug-likeness (QED) is 0.469. The number of aromatic nitrogens is 4. The Kier molecular flexibility index (Phi) is 4.14. The summed E-state index contributed by atoms with van der Waals surface area (Å²) in [5, 5.41) is 8.80. The van der Waals surface area contributed by atoms with Crippen LogP contribution >= 0.6 is 0 Å². The van der Waals surface area contributed by atoms with Gasteiger partial charge in [-0.15, -0.1) is 13.2 Å². The number of rotatable bonds is 4. The van der Waals surface area contributed by atoms with Gasteiger partial charge in [0.05, 0.1) is 18.3 Å². The molecular formula is C19H12F5N5O2. The SMILES string of the molecule is O=C(Nc1cn2cc(-c3cc(F)c(OC(F)(F)F)c4[nH]ncc34)ccc2n1)[C@@H]1C[C@@H]1F. The van der Waals surface area contributed by atoms with Gasteiger partial charge in [0.1, 0.15) is 17.3 Å². The molecular weight excluding hydrogens is 425 g/mol. The van der Waals surface area contributed by atoms with Gasteiger partial charge in [0.2, 0.25) is 5.91 Å². The second-order valence-corrected chi connectivity index (χ2v) is 7.10. The van der Waals surface area contributed by atoms with E-state index in [4.69, 9.17) is 0 Å². The molecule has 0 saturated heterocycles. The Bertz CT molecular complexity index is 1330. The lowest BCUT2D eigenvalue weighted by atomic mass is 10.0. The summed E-state index contributed by atoms with van der Waals surface area (Å²) in [4.78, 5) is 16.1. The average molecular weight is 437 g/mol. The van der Waals surface area contributed by atoms with Crippen molar-refractivity contribution in [3.63, 3.8) is 0 Å². The third-order valence-corrected chi connectivity index (χ3v) is 4.93. The Hall–Kier alpha value is -3.70. The molecule has 1 aliphatic rings. The Morgan fingerprint density at radius 1 is 1.29 bits per heavy atom. The molecule has 7 nitrogen and oxygen atoms in total. The van der Waals surface area contributed by atoms with Crippen LogP contribution in [0.2, 0.25) is 0 Å². The molecule has 0 bridgehead atoms. The summed E-state index contributed by atoms with van der Waals surface area (Å²) < 4.78 is 70.8. The highest BCUT2D eigenvalue weighted by atomic mass is 19.4. The summed E-state index contributed by atoms with van der Waals surface area (Å²) in [6, 6.07) is 4.11. The molecule has 2 atom stereocenters. The fourth-order valence-corrected chi connectivity index (χ4v) is 3.37. The van der Waals surface area contributed by atoms with Crippen LogP contribution in [0.1, 0.15) is 6.42 Å². The van der Waals surface area contributed by atoms with Crippen molar-refractivity contribution in [2.45, 2.75) is 19.0 Å². The van der Waals surface area contributed by atoms with E-state index in [1.165, 1.54) is 12.4 Å². The van der Waals surface area contributed by atoms with Gasteiger partial charge < -0.3 is 14.5 Å². The van der Waals surface area contributed by atoms with E-state index >= 15 is 0 Å². The standard InChI is InChI=1S/C19H12F5N5O2/c20-12-4-10(12)18(30)27-14-7-29-6-8(1-2-15(29)26-14)9-3-13(21)17(31-19(22,23)24)16-11(9)5-25-28-16/h1-3,5-7,10,12H,4H2,(H,25,28)(H,27,30)/t10-,12+/m1/s1. The highest BCUT2D eigenvalue weighted by molar-refractivity contribution is 5.98. The average Bonchev–Trinajstić information content (AvgIpc) is 3.09. The van der Waals surface area contributed by atoms with E-state index in [0.717, 1.165) is 6.07 Å². The number of hydrogen-bond acceptors (Lipinski definition) is 4. The van der Waals surface area contributed by atoms with Gasteiger partial charge >= 0.3 is 6.36 Å². The Balaban J connectivity index is 1.52. The maximum Gasteiger partial charge on any atom is 0.573 e. The zero-order chi connectivity index (χ0) is 21.9. The van der Waals surface area contributed by atoms with E-state index in [2.05, 4.69) is 25.2 Å². The lowest BCUT2D eigenvalue weighted by molar-refractivity contribution is -0.275. The number of carbonyl (C=O) groups is 1. The maximum atomic E-state index is 14.5. The number of benzene rings is 1. The molecule has 1 amide bonds. The summed E-state index contributed by atoms with van der Waals surface area (Å²) in [6.07, 6.45) is -1.70. The molecule has 0 radical (unpaired) electrons. The Morgan fingerprint density at radius 2 is 2.06 bits per heavy atom. The molecule has 1 fully saturated rings. The van der Waals surface area contributed by atoms with Gasteiger partial charge in [0.25, 0.3) is 0 Å². The zero-order valence-electron chi connectivity index (χ0n) is 15.4. The predicted molar refractivity (Wildman–Crippen MR) is 98.6 cm³/mol. The maximum absolute atomic E-state index is 14.5. The molecule has 0 spiro atoms. The fourth-order valence-electron chi connectivity index (χ4n) is 3.37. The molecule has 2 N–H and O–H groups in total. The summed E-state index contributed by atoms with van der Waals surface area (Å²) in [5.41, 5.74) is 0.941. The molecule has 5 rings (SSSR count). The Labute approximate surface area is 169 Å². The second kappa shape index (κ2) is 6.65. The Morgan fingerprint density at radius 3 is 2.77 bits per heavy atom. The van der Waals surface area contributed by atoms with Gasteiger partial charge in [-0.1, -0.05) is 0 Å². The number of aromatic amines is 1. The molecule has 160 valence electrons. The van der Waals surface area contributed by atoms with E-state index in [1.54, 1.807) is 22.7 Å². The number of ether oxygens (including phenoxy) is 1. The van der Waals surface area contributed by atoms with Crippen molar-refractivity contribution in [2.75, 3.05) is 5.32 Å². The number of hydrogen-bond donors (Lipinski definition) is 2. The van der Waals surface area contributed by atoms with Crippen LogP contribution in [0.5, 0.6) is 5.75 Å². The monoisotopic (exact) mass is 437 g/mol. The van der Waals surface area contributed by atoms with Crippen molar-refractivity contribution in [1.29, 1.82) is 0 Å². The summed E-state index contributed by atoms with van der Waals surface area (Å²) in [7, 11) is 0. The molecule has 4 aromatic rings. The van der Waals surface area contributed by atoms with Crippen LogP contribution < -0.4 is 10.1 Å². The zero-order valence-corrected chi connectivity index (χ0v) is 15.4. The number of anilines is 1. The number of halogens is 5. The number of amides is 1. The smallest absolute Gasteiger partial charge is 0.400 e. The number of fused-ring (bicyclic) bond motifs is 2. The molecule has 31 heavy (non-hydrogen) atoms. The predicted octanol–water partition coefficient (Wildman–Crippen LogP) is 4.21. The number of nitrogens with zero attached hydrogens (tertiary/aromatic N) is 3. The van der Waals surface area contributed by atoms with Crippen molar-refractivity contribution >= 4 is 28.3 Å². The van der Waals surface area contributed by atoms with Crippen LogP contribution in [0.4, 0.5) is 27.8 Å². The summed E-state index contributed by atoms with van der Waals surface area (Å²) in [5.74, 6) is -3.12. The first-order valence-electron chi connectivity index (χ1n) is 9.05. The van der Waals surface area contributed by atoms with Crippen molar-refractivity contribution in [3.8, 4) is 16.9 Å². The molecule has 1 saturated carbocycles. The van der Waals surface area contributed by atoms with Crippen LogP contribution in [-0.2, 0) is 4.79 Å². The van der Waals surface area contributed by atoms with Gasteiger partial charge in [0.15, 0.2) is 17.4 Å². The van der Waals surface area contributed by atoms with Crippen LogP contribution in [0.25, 0.3) is 27.7 Å². The van der Waals surface area contributed by atoms with Crippen LogP contribution in [0.15, 0.2) is 36.8 Å². The fraction of sp³-hybridized carbons (Fsp3) is 0.211. The van der Waals surface area contributed by atoms with Gasteiger partial charge in [-0.3, -0.25) is 9.89 Å². The minimum atomic E-state index is -5.07. The van der Waals surface area contributed by atoms with E-state index in [9.17, 15) is 26.7 Å². The largest absolute Gasteiger partial charge is 0.573 e. The van der Waals surface area contributed by atoms with Crippen LogP contribution in [0, 0.1) is 11.7 Å². The summed E-state index contributed by atoms with van der Waals surface area (Å²) in [6.45, 7) is 0. The lowest BCUT2D eigenvalue weighted by Crippen LogP contribution is -2.18. The number of carbonyl (C=O) groups excluding carboxylic acids is 1. The highest BCUT2D eigenvalue weighted by Gasteiger charge is 2.43. The van der Waals surface area contributed by atoms with Crippen molar-refractivity contribution < 1.29 is 31.5 Å². The first-order chi connectivity index (χ1) is 14.7. The number of pyridine rings is 1.